The highest BCUT2D eigenvalue weighted by Gasteiger charge is 2.28. The average Bonchev–Trinajstić information content (AvgIpc) is 2.14. The van der Waals surface area contributed by atoms with Crippen molar-refractivity contribution in [2.24, 2.45) is 0 Å². The quantitative estimate of drug-likeness (QED) is 0.821. The van der Waals surface area contributed by atoms with Crippen molar-refractivity contribution in [1.29, 1.82) is 0 Å². The van der Waals surface area contributed by atoms with Crippen LogP contribution in [0.2, 0.25) is 0 Å². The predicted molar refractivity (Wildman–Crippen MR) is 45.3 cm³/mol. The van der Waals surface area contributed by atoms with Crippen LogP contribution in [0.3, 0.4) is 0 Å². The SMILES string of the molecule is CNc1ccc(OCC(F)(F)F)nc1. The summed E-state index contributed by atoms with van der Waals surface area (Å²) in [5.41, 5.74) is 0.712. The molecule has 1 heterocycles. The van der Waals surface area contributed by atoms with Gasteiger partial charge in [0.2, 0.25) is 5.88 Å². The van der Waals surface area contributed by atoms with E-state index in [0.717, 1.165) is 0 Å². The summed E-state index contributed by atoms with van der Waals surface area (Å²) in [5.74, 6) is -0.0404. The number of anilines is 1. The lowest BCUT2D eigenvalue weighted by Gasteiger charge is -2.08. The molecule has 0 spiro atoms. The summed E-state index contributed by atoms with van der Waals surface area (Å²) in [4.78, 5) is 3.67. The molecule has 14 heavy (non-hydrogen) atoms. The van der Waals surface area contributed by atoms with Gasteiger partial charge in [0.1, 0.15) is 0 Å². The molecule has 1 aromatic rings. The van der Waals surface area contributed by atoms with Gasteiger partial charge in [0.25, 0.3) is 0 Å². The first kappa shape index (κ1) is 10.6. The molecule has 0 saturated heterocycles. The van der Waals surface area contributed by atoms with E-state index in [1.165, 1.54) is 12.3 Å². The summed E-state index contributed by atoms with van der Waals surface area (Å²) in [7, 11) is 1.69. The Morgan fingerprint density at radius 1 is 1.43 bits per heavy atom. The van der Waals surface area contributed by atoms with E-state index in [0.29, 0.717) is 5.69 Å². The van der Waals surface area contributed by atoms with E-state index in [4.69, 9.17) is 0 Å². The van der Waals surface area contributed by atoms with Gasteiger partial charge in [-0.15, -0.1) is 0 Å². The molecule has 0 aromatic carbocycles. The molecule has 0 aliphatic carbocycles. The van der Waals surface area contributed by atoms with Gasteiger partial charge in [-0.3, -0.25) is 0 Å². The lowest BCUT2D eigenvalue weighted by atomic mass is 10.4. The zero-order chi connectivity index (χ0) is 10.6. The van der Waals surface area contributed by atoms with E-state index >= 15 is 0 Å². The number of alkyl halides is 3. The standard InChI is InChI=1S/C8H9F3N2O/c1-12-6-2-3-7(13-4-6)14-5-8(9,10)11/h2-4,12H,5H2,1H3. The van der Waals surface area contributed by atoms with Gasteiger partial charge in [-0.1, -0.05) is 0 Å². The van der Waals surface area contributed by atoms with Crippen LogP contribution in [0.5, 0.6) is 5.88 Å². The zero-order valence-electron chi connectivity index (χ0n) is 7.43. The zero-order valence-corrected chi connectivity index (χ0v) is 7.43. The highest BCUT2D eigenvalue weighted by atomic mass is 19.4. The Kier molecular flexibility index (Phi) is 3.16. The van der Waals surface area contributed by atoms with E-state index in [1.54, 1.807) is 13.1 Å². The fourth-order valence-corrected chi connectivity index (χ4v) is 0.769. The topological polar surface area (TPSA) is 34.1 Å². The first-order chi connectivity index (χ1) is 6.51. The molecule has 0 aliphatic rings. The van der Waals surface area contributed by atoms with Crippen LogP contribution in [-0.2, 0) is 0 Å². The summed E-state index contributed by atoms with van der Waals surface area (Å²) in [6.45, 7) is -1.32. The van der Waals surface area contributed by atoms with Gasteiger partial charge in [0.15, 0.2) is 6.61 Å². The average molecular weight is 206 g/mol. The normalized spacial score (nSPS) is 11.1. The molecule has 0 saturated carbocycles. The number of aromatic nitrogens is 1. The highest BCUT2D eigenvalue weighted by molar-refractivity contribution is 5.40. The molecule has 6 heteroatoms. The van der Waals surface area contributed by atoms with Crippen LogP contribution < -0.4 is 10.1 Å². The molecule has 1 rings (SSSR count). The third kappa shape index (κ3) is 3.51. The fourth-order valence-electron chi connectivity index (χ4n) is 0.769. The maximum Gasteiger partial charge on any atom is 0.422 e. The van der Waals surface area contributed by atoms with Crippen LogP contribution in [-0.4, -0.2) is 24.8 Å². The number of nitrogens with zero attached hydrogens (tertiary/aromatic N) is 1. The molecular formula is C8H9F3N2O. The minimum atomic E-state index is -4.33. The van der Waals surface area contributed by atoms with E-state index in [-0.39, 0.29) is 5.88 Å². The summed E-state index contributed by atoms with van der Waals surface area (Å²) < 4.78 is 39.6. The van der Waals surface area contributed by atoms with Gasteiger partial charge in [-0.05, 0) is 6.07 Å². The van der Waals surface area contributed by atoms with Crippen LogP contribution >= 0.6 is 0 Å². The molecule has 1 N–H and O–H groups in total. The molecule has 78 valence electrons. The molecule has 0 fully saturated rings. The van der Waals surface area contributed by atoms with Gasteiger partial charge >= 0.3 is 6.18 Å². The van der Waals surface area contributed by atoms with Crippen molar-refractivity contribution in [3.05, 3.63) is 18.3 Å². The maximum atomic E-state index is 11.7. The van der Waals surface area contributed by atoms with Crippen molar-refractivity contribution >= 4 is 5.69 Å². The smallest absolute Gasteiger partial charge is 0.422 e. The van der Waals surface area contributed by atoms with Crippen molar-refractivity contribution in [2.75, 3.05) is 19.0 Å². The van der Waals surface area contributed by atoms with Gasteiger partial charge < -0.3 is 10.1 Å². The molecule has 0 unspecified atom stereocenters. The molecule has 1 aromatic heterocycles. The van der Waals surface area contributed by atoms with Gasteiger partial charge in [-0.25, -0.2) is 4.98 Å². The lowest BCUT2D eigenvalue weighted by molar-refractivity contribution is -0.154. The van der Waals surface area contributed by atoms with Crippen LogP contribution in [0.4, 0.5) is 18.9 Å². The largest absolute Gasteiger partial charge is 0.468 e. The third-order valence-corrected chi connectivity index (χ3v) is 1.41. The van der Waals surface area contributed by atoms with Crippen molar-refractivity contribution in [2.45, 2.75) is 6.18 Å². The molecule has 0 amide bonds. The Hall–Kier alpha value is -1.46. The Balaban J connectivity index is 2.52. The molecule has 0 aliphatic heterocycles. The monoisotopic (exact) mass is 206 g/mol. The maximum absolute atomic E-state index is 11.7. The number of nitrogens with one attached hydrogen (secondary N) is 1. The van der Waals surface area contributed by atoms with E-state index < -0.39 is 12.8 Å². The highest BCUT2D eigenvalue weighted by Crippen LogP contribution is 2.17. The van der Waals surface area contributed by atoms with Crippen molar-refractivity contribution in [1.82, 2.24) is 4.98 Å². The van der Waals surface area contributed by atoms with E-state index in [9.17, 15) is 13.2 Å². The Labute approximate surface area is 78.9 Å². The van der Waals surface area contributed by atoms with Crippen molar-refractivity contribution < 1.29 is 17.9 Å². The molecule has 0 radical (unpaired) electrons. The molecular weight excluding hydrogens is 197 g/mol. The fraction of sp³-hybridized carbons (Fsp3) is 0.375. The minimum absolute atomic E-state index is 0.0404. The van der Waals surface area contributed by atoms with Gasteiger partial charge in [-0.2, -0.15) is 13.2 Å². The van der Waals surface area contributed by atoms with E-state index in [1.807, 2.05) is 0 Å². The van der Waals surface area contributed by atoms with Crippen LogP contribution in [0.15, 0.2) is 18.3 Å². The van der Waals surface area contributed by atoms with Gasteiger partial charge in [0, 0.05) is 13.1 Å². The van der Waals surface area contributed by atoms with Crippen LogP contribution in [0, 0.1) is 0 Å². The van der Waals surface area contributed by atoms with Gasteiger partial charge in [0.05, 0.1) is 11.9 Å². The number of ether oxygens (including phenoxy) is 1. The number of hydrogen-bond donors (Lipinski definition) is 1. The lowest BCUT2D eigenvalue weighted by Crippen LogP contribution is -2.19. The Bertz CT molecular complexity index is 284. The number of halogens is 3. The van der Waals surface area contributed by atoms with E-state index in [2.05, 4.69) is 15.0 Å². The summed E-state index contributed by atoms with van der Waals surface area (Å²) in [6, 6.07) is 2.95. The van der Waals surface area contributed by atoms with Crippen molar-refractivity contribution in [3.8, 4) is 5.88 Å². The second-order valence-corrected chi connectivity index (χ2v) is 2.54. The third-order valence-electron chi connectivity index (χ3n) is 1.41. The summed E-state index contributed by atoms with van der Waals surface area (Å²) >= 11 is 0. The summed E-state index contributed by atoms with van der Waals surface area (Å²) in [6.07, 6.45) is -2.94. The predicted octanol–water partition coefficient (Wildman–Crippen LogP) is 2.06. The van der Waals surface area contributed by atoms with Crippen LogP contribution in [0.1, 0.15) is 0 Å². The Morgan fingerprint density at radius 2 is 2.14 bits per heavy atom. The second kappa shape index (κ2) is 4.17. The van der Waals surface area contributed by atoms with Crippen molar-refractivity contribution in [3.63, 3.8) is 0 Å². The minimum Gasteiger partial charge on any atom is -0.468 e. The van der Waals surface area contributed by atoms with Crippen LogP contribution in [0.25, 0.3) is 0 Å². The molecule has 0 bridgehead atoms. The first-order valence-electron chi connectivity index (χ1n) is 3.84. The molecule has 3 nitrogen and oxygen atoms in total. The molecule has 0 atom stereocenters. The number of rotatable bonds is 3. The first-order valence-corrected chi connectivity index (χ1v) is 3.84. The Morgan fingerprint density at radius 3 is 2.57 bits per heavy atom. The summed E-state index contributed by atoms with van der Waals surface area (Å²) in [5, 5.41) is 2.79. The number of hydrogen-bond acceptors (Lipinski definition) is 3. The second-order valence-electron chi connectivity index (χ2n) is 2.54. The number of pyridine rings is 1.